The molecule has 4 heterocycles. The van der Waals surface area contributed by atoms with Gasteiger partial charge in [0.1, 0.15) is 29.3 Å². The van der Waals surface area contributed by atoms with Gasteiger partial charge in [-0.15, -0.1) is 0 Å². The lowest BCUT2D eigenvalue weighted by Gasteiger charge is -2.30. The van der Waals surface area contributed by atoms with Crippen molar-refractivity contribution in [2.24, 2.45) is 5.92 Å². The van der Waals surface area contributed by atoms with E-state index in [2.05, 4.69) is 10.6 Å². The molecule has 14 heteroatoms. The highest BCUT2D eigenvalue weighted by molar-refractivity contribution is 5.96. The summed E-state index contributed by atoms with van der Waals surface area (Å²) in [5, 5.41) is 15.5. The summed E-state index contributed by atoms with van der Waals surface area (Å²) in [5.41, 5.74) is -0.504. The van der Waals surface area contributed by atoms with Crippen molar-refractivity contribution in [1.82, 2.24) is 20.4 Å². The van der Waals surface area contributed by atoms with Gasteiger partial charge in [-0.25, -0.2) is 14.4 Å². The molecule has 1 aromatic rings. The number of nitrogens with zero attached hydrogens (tertiary/aromatic N) is 2. The smallest absolute Gasteiger partial charge is 0.410 e. The first-order chi connectivity index (χ1) is 23.3. The van der Waals surface area contributed by atoms with E-state index in [-0.39, 0.29) is 31.8 Å². The Morgan fingerprint density at radius 2 is 1.86 bits per heavy atom. The molecule has 1 saturated heterocycles. The van der Waals surface area contributed by atoms with Crippen LogP contribution in [0.3, 0.4) is 0 Å². The van der Waals surface area contributed by atoms with Gasteiger partial charge in [-0.2, -0.15) is 0 Å². The lowest BCUT2D eigenvalue weighted by atomic mass is 10.0. The third-order valence-corrected chi connectivity index (χ3v) is 9.66. The highest BCUT2D eigenvalue weighted by atomic mass is 16.6. The van der Waals surface area contributed by atoms with E-state index in [4.69, 9.17) is 18.9 Å². The van der Waals surface area contributed by atoms with Crippen LogP contribution < -0.4 is 20.1 Å². The van der Waals surface area contributed by atoms with Crippen LogP contribution in [0.1, 0.15) is 83.3 Å². The molecule has 49 heavy (non-hydrogen) atoms. The fourth-order valence-corrected chi connectivity index (χ4v) is 7.05. The van der Waals surface area contributed by atoms with Crippen LogP contribution in [-0.2, 0) is 36.9 Å². The normalized spacial score (nSPS) is 29.1. The van der Waals surface area contributed by atoms with Gasteiger partial charge in [-0.3, -0.25) is 14.5 Å². The van der Waals surface area contributed by atoms with Crippen molar-refractivity contribution in [3.63, 3.8) is 0 Å². The number of hydrogen-bond acceptors (Lipinski definition) is 9. The zero-order chi connectivity index (χ0) is 34.9. The molecule has 0 bridgehead atoms. The number of carbonyl (C=O) groups excluding carboxylic acids is 4. The van der Waals surface area contributed by atoms with Crippen LogP contribution >= 0.6 is 0 Å². The van der Waals surface area contributed by atoms with Crippen LogP contribution in [-0.4, -0.2) is 94.0 Å². The summed E-state index contributed by atoms with van der Waals surface area (Å²) >= 11 is 0. The molecule has 1 aromatic carbocycles. The molecule has 5 atom stereocenters. The number of fused-ring (bicyclic) bond motifs is 5. The van der Waals surface area contributed by atoms with Gasteiger partial charge in [0.25, 0.3) is 0 Å². The quantitative estimate of drug-likeness (QED) is 0.400. The Labute approximate surface area is 285 Å². The molecule has 4 aliphatic heterocycles. The van der Waals surface area contributed by atoms with Crippen molar-refractivity contribution in [2.45, 2.75) is 115 Å². The summed E-state index contributed by atoms with van der Waals surface area (Å²) < 4.78 is 23.1. The Balaban J connectivity index is 1.21. The Morgan fingerprint density at radius 3 is 2.63 bits per heavy atom. The van der Waals surface area contributed by atoms with Crippen molar-refractivity contribution in [1.29, 1.82) is 0 Å². The van der Waals surface area contributed by atoms with Crippen LogP contribution in [0.5, 0.6) is 11.5 Å². The summed E-state index contributed by atoms with van der Waals surface area (Å²) in [4.78, 5) is 69.6. The molecule has 1 aliphatic carbocycles. The minimum absolute atomic E-state index is 0.0359. The first-order valence-corrected chi connectivity index (χ1v) is 17.2. The first-order valence-electron chi connectivity index (χ1n) is 17.2. The van der Waals surface area contributed by atoms with Gasteiger partial charge in [-0.05, 0) is 58.1 Å². The highest BCUT2D eigenvalue weighted by Crippen LogP contribution is 2.45. The number of rotatable bonds is 3. The number of carboxylic acids is 1. The second-order valence-electron chi connectivity index (χ2n) is 14.5. The number of ether oxygens (including phenoxy) is 4. The van der Waals surface area contributed by atoms with Crippen LogP contribution in [0.25, 0.3) is 0 Å². The Kier molecular flexibility index (Phi) is 9.67. The van der Waals surface area contributed by atoms with Gasteiger partial charge in [-0.1, -0.05) is 31.1 Å². The number of amides is 4. The van der Waals surface area contributed by atoms with Gasteiger partial charge in [0, 0.05) is 30.9 Å². The molecule has 1 saturated carbocycles. The minimum atomic E-state index is -1.48. The van der Waals surface area contributed by atoms with Crippen molar-refractivity contribution < 1.29 is 48.0 Å². The number of carbonyl (C=O) groups is 5. The van der Waals surface area contributed by atoms with Gasteiger partial charge in [0.05, 0.1) is 26.3 Å². The zero-order valence-corrected chi connectivity index (χ0v) is 28.3. The van der Waals surface area contributed by atoms with E-state index in [0.717, 1.165) is 36.8 Å². The number of allylic oxidation sites excluding steroid dienone is 1. The van der Waals surface area contributed by atoms with Crippen molar-refractivity contribution >= 4 is 30.0 Å². The Hall–Kier alpha value is -4.49. The fraction of sp³-hybridized carbons (Fsp3) is 0.629. The number of alkyl carbamates (subject to hydrolysis) is 1. The molecule has 3 N–H and O–H groups in total. The van der Waals surface area contributed by atoms with Crippen LogP contribution in [0, 0.1) is 5.92 Å². The van der Waals surface area contributed by atoms with Crippen LogP contribution in [0.15, 0.2) is 24.3 Å². The predicted octanol–water partition coefficient (Wildman–Crippen LogP) is 3.64. The second-order valence-corrected chi connectivity index (χ2v) is 14.5. The van der Waals surface area contributed by atoms with Gasteiger partial charge < -0.3 is 39.6 Å². The maximum absolute atomic E-state index is 14.2. The van der Waals surface area contributed by atoms with Crippen molar-refractivity contribution in [3.05, 3.63) is 35.4 Å². The third-order valence-electron chi connectivity index (χ3n) is 9.66. The molecule has 0 radical (unpaired) electrons. The van der Waals surface area contributed by atoms with Gasteiger partial charge in [0.15, 0.2) is 11.5 Å². The molecule has 5 aliphatic rings. The summed E-state index contributed by atoms with van der Waals surface area (Å²) in [6.45, 7) is 6.65. The van der Waals surface area contributed by atoms with Gasteiger partial charge in [0.2, 0.25) is 11.8 Å². The summed E-state index contributed by atoms with van der Waals surface area (Å²) in [7, 11) is 0. The SMILES string of the molecule is CC(C)(C)OC(=O)N[C@H]1CCCCC/C=C\[C@@H]2C[C@@]2(C(=O)O)NC(=O)[C@@H]2C[C@@H](OC(=O)N3Cc4ccc5c(c4C3)OCCCO5)CN2C1=O. The van der Waals surface area contributed by atoms with E-state index in [1.807, 2.05) is 24.3 Å². The molecule has 6 rings (SSSR count). The number of benzene rings is 1. The average Bonchev–Trinajstić information content (AvgIpc) is 3.41. The second kappa shape index (κ2) is 13.8. The van der Waals surface area contributed by atoms with E-state index >= 15 is 0 Å². The summed E-state index contributed by atoms with van der Waals surface area (Å²) in [6, 6.07) is 1.61. The molecule has 0 spiro atoms. The fourth-order valence-electron chi connectivity index (χ4n) is 7.05. The van der Waals surface area contributed by atoms with Gasteiger partial charge >= 0.3 is 18.2 Å². The highest BCUT2D eigenvalue weighted by Gasteiger charge is 2.61. The lowest BCUT2D eigenvalue weighted by Crippen LogP contribution is -2.56. The molecular formula is C35H46N4O10. The maximum Gasteiger partial charge on any atom is 0.410 e. The summed E-state index contributed by atoms with van der Waals surface area (Å²) in [5.74, 6) is -1.43. The Morgan fingerprint density at radius 1 is 1.06 bits per heavy atom. The number of nitrogens with one attached hydrogen (secondary N) is 2. The van der Waals surface area contributed by atoms with E-state index < -0.39 is 59.3 Å². The van der Waals surface area contributed by atoms with E-state index in [1.54, 1.807) is 20.8 Å². The minimum Gasteiger partial charge on any atom is -0.490 e. The summed E-state index contributed by atoms with van der Waals surface area (Å²) in [6.07, 6.45) is 5.75. The molecule has 4 amide bonds. The number of hydrogen-bond donors (Lipinski definition) is 3. The van der Waals surface area contributed by atoms with Crippen molar-refractivity contribution in [3.8, 4) is 11.5 Å². The number of aliphatic carboxylic acids is 1. The number of carboxylic acid groups (broad SMARTS) is 1. The van der Waals surface area contributed by atoms with Crippen molar-refractivity contribution in [2.75, 3.05) is 19.8 Å². The molecule has 266 valence electrons. The predicted molar refractivity (Wildman–Crippen MR) is 174 cm³/mol. The maximum atomic E-state index is 14.2. The largest absolute Gasteiger partial charge is 0.490 e. The molecule has 0 aromatic heterocycles. The Bertz CT molecular complexity index is 1520. The zero-order valence-electron chi connectivity index (χ0n) is 28.3. The molecule has 14 nitrogen and oxygen atoms in total. The van der Waals surface area contributed by atoms with E-state index in [0.29, 0.717) is 44.1 Å². The molecule has 2 fully saturated rings. The monoisotopic (exact) mass is 682 g/mol. The molecular weight excluding hydrogens is 636 g/mol. The first kappa shape index (κ1) is 34.4. The van der Waals surface area contributed by atoms with Crippen LogP contribution in [0.2, 0.25) is 0 Å². The standard InChI is InChI=1S/C35H46N4O10/c1-34(2,3)49-32(44)36-25-11-8-6-4-5-7-10-22-17-35(22,31(42)43)37-29(40)26-16-23(19-39(26)30(25)41)48-33(45)38-18-21-12-13-27-28(24(21)20-38)47-15-9-14-46-27/h7,10,12-13,22-23,25-26H,4-6,8-9,11,14-20H2,1-3H3,(H,36,44)(H,37,40)(H,42,43)/b10-7-/t22-,23-,25+,26+,35-/m1/s1. The van der Waals surface area contributed by atoms with Crippen LogP contribution in [0.4, 0.5) is 9.59 Å². The molecule has 0 unspecified atom stereocenters. The lowest BCUT2D eigenvalue weighted by molar-refractivity contribution is -0.145. The topological polar surface area (TPSA) is 173 Å². The van der Waals surface area contributed by atoms with E-state index in [1.165, 1.54) is 9.80 Å². The third kappa shape index (κ3) is 7.57. The average molecular weight is 683 g/mol. The van der Waals surface area contributed by atoms with E-state index in [9.17, 15) is 29.1 Å².